The van der Waals surface area contributed by atoms with Crippen molar-refractivity contribution in [3.63, 3.8) is 0 Å². The summed E-state index contributed by atoms with van der Waals surface area (Å²) in [6.45, 7) is 9.50. The molecule has 5 heteroatoms. The van der Waals surface area contributed by atoms with Gasteiger partial charge >= 0.3 is 0 Å². The highest BCUT2D eigenvalue weighted by atomic mass is 79.9. The zero-order valence-corrected chi connectivity index (χ0v) is 13.7. The minimum atomic E-state index is -1.17. The lowest BCUT2D eigenvalue weighted by atomic mass is 10.0. The van der Waals surface area contributed by atoms with Crippen LogP contribution in [0.25, 0.3) is 0 Å². The third-order valence-electron chi connectivity index (χ3n) is 2.62. The lowest BCUT2D eigenvalue weighted by Gasteiger charge is -2.27. The van der Waals surface area contributed by atoms with Gasteiger partial charge in [0, 0.05) is 11.4 Å². The van der Waals surface area contributed by atoms with Crippen LogP contribution in [0.15, 0.2) is 16.6 Å². The Balaban J connectivity index is 2.91. The molecule has 1 aromatic rings. The molecule has 1 rings (SSSR count). The number of benzene rings is 1. The summed E-state index contributed by atoms with van der Waals surface area (Å²) in [6.07, 6.45) is 0. The van der Waals surface area contributed by atoms with Crippen molar-refractivity contribution in [2.75, 3.05) is 0 Å². The minimum Gasteiger partial charge on any atom is -0.598 e. The van der Waals surface area contributed by atoms with Gasteiger partial charge in [0.05, 0.1) is 10.5 Å². The van der Waals surface area contributed by atoms with E-state index in [2.05, 4.69) is 20.7 Å². The number of rotatable bonds is 3. The third kappa shape index (κ3) is 3.95. The van der Waals surface area contributed by atoms with E-state index in [0.29, 0.717) is 4.47 Å². The van der Waals surface area contributed by atoms with Gasteiger partial charge in [-0.3, -0.25) is 0 Å². The molecule has 0 fully saturated rings. The minimum absolute atomic E-state index is 0.160. The number of nitrogens with one attached hydrogen (secondary N) is 1. The van der Waals surface area contributed by atoms with Crippen LogP contribution >= 0.6 is 15.9 Å². The van der Waals surface area contributed by atoms with Gasteiger partial charge < -0.3 is 4.55 Å². The summed E-state index contributed by atoms with van der Waals surface area (Å²) in [5.41, 5.74) is 1.79. The Morgan fingerprint density at radius 3 is 2.44 bits per heavy atom. The van der Waals surface area contributed by atoms with Gasteiger partial charge in [-0.2, -0.15) is 0 Å². The molecule has 0 radical (unpaired) electrons. The van der Waals surface area contributed by atoms with Crippen LogP contribution in [0.4, 0.5) is 4.39 Å². The fourth-order valence-corrected chi connectivity index (χ4v) is 2.79. The molecule has 0 aromatic heterocycles. The molecule has 0 saturated heterocycles. The first-order valence-corrected chi connectivity index (χ1v) is 7.71. The van der Waals surface area contributed by atoms with Crippen LogP contribution in [-0.4, -0.2) is 9.30 Å². The largest absolute Gasteiger partial charge is 0.598 e. The van der Waals surface area contributed by atoms with Gasteiger partial charge in [-0.15, -0.1) is 4.72 Å². The van der Waals surface area contributed by atoms with E-state index in [4.69, 9.17) is 0 Å². The Labute approximate surface area is 120 Å². The molecule has 102 valence electrons. The van der Waals surface area contributed by atoms with Gasteiger partial charge in [0.2, 0.25) is 0 Å². The Morgan fingerprint density at radius 1 is 1.39 bits per heavy atom. The molecule has 1 aromatic carbocycles. The molecule has 0 saturated carbocycles. The number of hydrogen-bond donors (Lipinski definition) is 1. The molecule has 2 nitrogen and oxygen atoms in total. The Hall–Kier alpha value is -0.100. The maximum Gasteiger partial charge on any atom is 0.137 e. The van der Waals surface area contributed by atoms with Crippen molar-refractivity contribution in [2.45, 2.75) is 45.4 Å². The summed E-state index contributed by atoms with van der Waals surface area (Å²) in [5.74, 6) is -0.300. The van der Waals surface area contributed by atoms with Crippen LogP contribution in [0.1, 0.15) is 44.9 Å². The number of halogens is 2. The van der Waals surface area contributed by atoms with Gasteiger partial charge in [0.15, 0.2) is 0 Å². The third-order valence-corrected chi connectivity index (χ3v) is 4.90. The van der Waals surface area contributed by atoms with Gasteiger partial charge in [-0.1, -0.05) is 0 Å². The van der Waals surface area contributed by atoms with Gasteiger partial charge in [0.1, 0.15) is 10.6 Å². The van der Waals surface area contributed by atoms with E-state index in [1.807, 2.05) is 34.6 Å². The van der Waals surface area contributed by atoms with Crippen LogP contribution in [0.3, 0.4) is 0 Å². The smallest absolute Gasteiger partial charge is 0.137 e. The monoisotopic (exact) mass is 335 g/mol. The second-order valence-corrected chi connectivity index (χ2v) is 8.20. The number of hydrogen-bond acceptors (Lipinski definition) is 2. The summed E-state index contributed by atoms with van der Waals surface area (Å²) >= 11 is 1.98. The van der Waals surface area contributed by atoms with Crippen LogP contribution in [0.2, 0.25) is 0 Å². The highest BCUT2D eigenvalue weighted by Gasteiger charge is 2.28. The normalized spacial score (nSPS) is 15.6. The SMILES string of the molecule is Cc1cc(Br)c(F)cc1[C@@H](C)N[S@@+]([O-])C(C)(C)C. The highest BCUT2D eigenvalue weighted by Crippen LogP contribution is 2.26. The Morgan fingerprint density at radius 2 is 1.94 bits per heavy atom. The van der Waals surface area contributed by atoms with E-state index in [1.54, 1.807) is 6.07 Å². The second kappa shape index (κ2) is 5.90. The predicted octanol–water partition coefficient (Wildman–Crippen LogP) is 4.01. The topological polar surface area (TPSA) is 35.1 Å². The van der Waals surface area contributed by atoms with Crippen molar-refractivity contribution in [3.8, 4) is 0 Å². The highest BCUT2D eigenvalue weighted by molar-refractivity contribution is 9.10. The van der Waals surface area contributed by atoms with Gasteiger partial charge in [0.25, 0.3) is 0 Å². The summed E-state index contributed by atoms with van der Waals surface area (Å²) in [4.78, 5) is 0. The lowest BCUT2D eigenvalue weighted by molar-refractivity contribution is 0.529. The van der Waals surface area contributed by atoms with Gasteiger partial charge in [-0.25, -0.2) is 4.39 Å². The standard InChI is InChI=1S/C13H19BrFNOS/c1-8-6-11(14)12(15)7-10(8)9(2)16-18(17)13(3,4)5/h6-7,9,16H,1-5H3/t9-,18+/m1/s1. The molecule has 0 spiro atoms. The molecule has 1 N–H and O–H groups in total. The van der Waals surface area contributed by atoms with Crippen LogP contribution in [0.5, 0.6) is 0 Å². The fourth-order valence-electron chi connectivity index (χ4n) is 1.53. The lowest BCUT2D eigenvalue weighted by Crippen LogP contribution is -2.40. The first-order chi connectivity index (χ1) is 8.12. The molecule has 0 aliphatic heterocycles. The first-order valence-electron chi connectivity index (χ1n) is 5.76. The van der Waals surface area contributed by atoms with E-state index in [1.165, 1.54) is 6.07 Å². The van der Waals surface area contributed by atoms with E-state index in [9.17, 15) is 8.94 Å². The molecular formula is C13H19BrFNOS. The molecular weight excluding hydrogens is 317 g/mol. The van der Waals surface area contributed by atoms with E-state index in [-0.39, 0.29) is 16.6 Å². The van der Waals surface area contributed by atoms with E-state index in [0.717, 1.165) is 11.1 Å². The maximum absolute atomic E-state index is 13.5. The maximum atomic E-state index is 13.5. The number of aryl methyl sites for hydroxylation is 1. The summed E-state index contributed by atoms with van der Waals surface area (Å²) in [6, 6.07) is 3.06. The van der Waals surface area contributed by atoms with Crippen molar-refractivity contribution in [2.24, 2.45) is 0 Å². The van der Waals surface area contributed by atoms with Crippen molar-refractivity contribution in [1.82, 2.24) is 4.72 Å². The zero-order chi connectivity index (χ0) is 14.1. The van der Waals surface area contributed by atoms with Crippen LogP contribution < -0.4 is 4.72 Å². The fraction of sp³-hybridized carbons (Fsp3) is 0.538. The average molecular weight is 336 g/mol. The molecule has 0 bridgehead atoms. The van der Waals surface area contributed by atoms with Crippen LogP contribution in [-0.2, 0) is 11.4 Å². The molecule has 0 amide bonds. The molecule has 0 aliphatic carbocycles. The molecule has 0 aliphatic rings. The Kier molecular flexibility index (Phi) is 5.23. The molecule has 2 atom stereocenters. The summed E-state index contributed by atoms with van der Waals surface area (Å²) in [5, 5.41) is 0. The van der Waals surface area contributed by atoms with Crippen LogP contribution in [0, 0.1) is 12.7 Å². The van der Waals surface area contributed by atoms with Crippen molar-refractivity contribution < 1.29 is 8.94 Å². The van der Waals surface area contributed by atoms with Crippen molar-refractivity contribution in [3.05, 3.63) is 33.5 Å². The molecule has 0 heterocycles. The average Bonchev–Trinajstić information content (AvgIpc) is 2.21. The quantitative estimate of drug-likeness (QED) is 0.847. The summed E-state index contributed by atoms with van der Waals surface area (Å²) < 4.78 is 28.7. The van der Waals surface area contributed by atoms with Crippen molar-refractivity contribution >= 4 is 27.3 Å². The van der Waals surface area contributed by atoms with Gasteiger partial charge in [-0.05, 0) is 73.8 Å². The second-order valence-electron chi connectivity index (χ2n) is 5.34. The van der Waals surface area contributed by atoms with E-state index >= 15 is 0 Å². The summed E-state index contributed by atoms with van der Waals surface area (Å²) in [7, 11) is 0. The molecule has 18 heavy (non-hydrogen) atoms. The zero-order valence-electron chi connectivity index (χ0n) is 11.3. The predicted molar refractivity (Wildman–Crippen MR) is 78.3 cm³/mol. The first kappa shape index (κ1) is 16.0. The Bertz CT molecular complexity index is 434. The van der Waals surface area contributed by atoms with Crippen molar-refractivity contribution in [1.29, 1.82) is 0 Å². The molecule has 0 unspecified atom stereocenters. The van der Waals surface area contributed by atoms with E-state index < -0.39 is 11.4 Å².